The molecule has 1 aromatic carbocycles. The number of benzene rings is 1. The van der Waals surface area contributed by atoms with Crippen molar-refractivity contribution in [1.29, 1.82) is 0 Å². The molecule has 0 saturated carbocycles. The van der Waals surface area contributed by atoms with Crippen LogP contribution in [0.3, 0.4) is 0 Å². The third kappa shape index (κ3) is 5.82. The smallest absolute Gasteiger partial charge is 0.417 e. The van der Waals surface area contributed by atoms with Gasteiger partial charge in [-0.3, -0.25) is 0 Å². The average Bonchev–Trinajstić information content (AvgIpc) is 3.22. The van der Waals surface area contributed by atoms with Crippen molar-refractivity contribution in [2.75, 3.05) is 37.3 Å². The van der Waals surface area contributed by atoms with Crippen LogP contribution in [0.1, 0.15) is 23.5 Å². The molecule has 1 saturated heterocycles. The Balaban J connectivity index is 1.67. The molecule has 1 aliphatic rings. The molecule has 186 valence electrons. The molecule has 0 amide bonds. The zero-order valence-corrected chi connectivity index (χ0v) is 19.5. The molecule has 2 N–H and O–H groups in total. The van der Waals surface area contributed by atoms with E-state index in [9.17, 15) is 17.6 Å². The zero-order valence-electron chi connectivity index (χ0n) is 19.5. The second kappa shape index (κ2) is 10.1. The molecule has 0 unspecified atom stereocenters. The maximum absolute atomic E-state index is 14.7. The largest absolute Gasteiger partial charge is 0.432 e. The van der Waals surface area contributed by atoms with Crippen molar-refractivity contribution in [3.8, 4) is 0 Å². The maximum atomic E-state index is 14.7. The summed E-state index contributed by atoms with van der Waals surface area (Å²) in [6, 6.07) is 6.55. The fourth-order valence-corrected chi connectivity index (χ4v) is 4.05. The maximum Gasteiger partial charge on any atom is 0.417 e. The van der Waals surface area contributed by atoms with Gasteiger partial charge in [0.25, 0.3) is 6.01 Å². The number of nitrogens with zero attached hydrogens (tertiary/aromatic N) is 3. The summed E-state index contributed by atoms with van der Waals surface area (Å²) in [5.41, 5.74) is 0.308. The Labute approximate surface area is 200 Å². The van der Waals surface area contributed by atoms with E-state index in [0.717, 1.165) is 12.2 Å². The van der Waals surface area contributed by atoms with Crippen molar-refractivity contribution in [3.05, 3.63) is 60.3 Å². The predicted octanol–water partition coefficient (Wildman–Crippen LogP) is 5.69. The summed E-state index contributed by atoms with van der Waals surface area (Å²) in [5, 5.41) is 7.00. The van der Waals surface area contributed by atoms with Crippen molar-refractivity contribution in [2.45, 2.75) is 31.7 Å². The number of allylic oxidation sites excluding steroid dienone is 1. The Hall–Kier alpha value is -3.40. The quantitative estimate of drug-likeness (QED) is 0.416. The van der Waals surface area contributed by atoms with Gasteiger partial charge in [0.05, 0.1) is 28.7 Å². The Morgan fingerprint density at radius 2 is 2.09 bits per heavy atom. The van der Waals surface area contributed by atoms with Crippen LogP contribution in [0.25, 0.3) is 22.4 Å². The minimum absolute atomic E-state index is 0.255. The van der Waals surface area contributed by atoms with Gasteiger partial charge < -0.3 is 20.0 Å². The average molecular weight is 490 g/mol. The van der Waals surface area contributed by atoms with Crippen LogP contribution in [0.5, 0.6) is 0 Å². The molecule has 0 radical (unpaired) electrons. The molecular formula is C25H27F4N5O. The SMILES string of the molecule is C=C(c1nc(/C=C/CNc2nc(C)co2)cc2c(N[C@@H]3CCN(C)C[C@@H]3F)cccc12)C(F)(F)F. The lowest BCUT2D eigenvalue weighted by molar-refractivity contribution is -0.0688. The fourth-order valence-electron chi connectivity index (χ4n) is 4.05. The molecule has 2 aromatic heterocycles. The Kier molecular flexibility index (Phi) is 7.11. The Morgan fingerprint density at radius 3 is 2.77 bits per heavy atom. The highest BCUT2D eigenvalue weighted by molar-refractivity contribution is 6.00. The molecule has 35 heavy (non-hydrogen) atoms. The lowest BCUT2D eigenvalue weighted by Gasteiger charge is -2.33. The number of hydrogen-bond acceptors (Lipinski definition) is 6. The lowest BCUT2D eigenvalue weighted by atomic mass is 9.99. The highest BCUT2D eigenvalue weighted by Crippen LogP contribution is 2.37. The minimum Gasteiger partial charge on any atom is -0.432 e. The van der Waals surface area contributed by atoms with Crippen molar-refractivity contribution in [1.82, 2.24) is 14.9 Å². The summed E-state index contributed by atoms with van der Waals surface area (Å²) in [6.45, 7) is 6.41. The molecule has 3 aromatic rings. The molecule has 0 aliphatic carbocycles. The number of pyridine rings is 1. The Bertz CT molecular complexity index is 1240. The summed E-state index contributed by atoms with van der Waals surface area (Å²) >= 11 is 0. The first-order chi connectivity index (χ1) is 16.6. The first kappa shape index (κ1) is 24.7. The second-order valence-electron chi connectivity index (χ2n) is 8.67. The van der Waals surface area contributed by atoms with Gasteiger partial charge in [0.2, 0.25) is 0 Å². The summed E-state index contributed by atoms with van der Waals surface area (Å²) in [4.78, 5) is 10.3. The number of piperidine rings is 1. The molecule has 6 nitrogen and oxygen atoms in total. The van der Waals surface area contributed by atoms with E-state index in [1.54, 1.807) is 43.3 Å². The summed E-state index contributed by atoms with van der Waals surface area (Å²) in [5.74, 6) is 0. The number of aryl methyl sites for hydroxylation is 1. The van der Waals surface area contributed by atoms with Crippen molar-refractivity contribution in [3.63, 3.8) is 0 Å². The molecule has 10 heteroatoms. The molecule has 0 spiro atoms. The molecule has 0 bridgehead atoms. The zero-order chi connectivity index (χ0) is 25.2. The number of anilines is 2. The monoisotopic (exact) mass is 489 g/mol. The van der Waals surface area contributed by atoms with Gasteiger partial charge in [-0.25, -0.2) is 9.37 Å². The highest BCUT2D eigenvalue weighted by atomic mass is 19.4. The summed E-state index contributed by atoms with van der Waals surface area (Å²) < 4.78 is 60.7. The topological polar surface area (TPSA) is 66.2 Å². The van der Waals surface area contributed by atoms with E-state index in [1.807, 2.05) is 11.9 Å². The molecule has 3 heterocycles. The van der Waals surface area contributed by atoms with Crippen LogP contribution in [0.15, 0.2) is 47.6 Å². The van der Waals surface area contributed by atoms with Crippen molar-refractivity contribution < 1.29 is 22.0 Å². The highest BCUT2D eigenvalue weighted by Gasteiger charge is 2.35. The minimum atomic E-state index is -4.64. The van der Waals surface area contributed by atoms with Gasteiger partial charge >= 0.3 is 6.18 Å². The van der Waals surface area contributed by atoms with Gasteiger partial charge in [0.1, 0.15) is 12.4 Å². The number of likely N-dealkylation sites (tertiary alicyclic amines) is 1. The number of aromatic nitrogens is 2. The van der Waals surface area contributed by atoms with Crippen LogP contribution in [-0.2, 0) is 0 Å². The number of fused-ring (bicyclic) bond motifs is 1. The summed E-state index contributed by atoms with van der Waals surface area (Å²) in [6.07, 6.45) is -0.335. The molecule has 1 aliphatic heterocycles. The van der Waals surface area contributed by atoms with Crippen LogP contribution in [0, 0.1) is 6.92 Å². The van der Waals surface area contributed by atoms with Crippen molar-refractivity contribution in [2.24, 2.45) is 0 Å². The van der Waals surface area contributed by atoms with Crippen LogP contribution in [0.4, 0.5) is 29.3 Å². The van der Waals surface area contributed by atoms with E-state index in [2.05, 4.69) is 27.2 Å². The molecule has 1 fully saturated rings. The van der Waals surface area contributed by atoms with Crippen molar-refractivity contribution >= 4 is 34.1 Å². The van der Waals surface area contributed by atoms with E-state index in [4.69, 9.17) is 4.42 Å². The van der Waals surface area contributed by atoms with Gasteiger partial charge in [-0.2, -0.15) is 18.2 Å². The van der Waals surface area contributed by atoms with Crippen LogP contribution in [-0.4, -0.2) is 59.9 Å². The predicted molar refractivity (Wildman–Crippen MR) is 130 cm³/mol. The number of halogens is 4. The number of nitrogens with one attached hydrogen (secondary N) is 2. The number of oxazole rings is 1. The van der Waals surface area contributed by atoms with Crippen LogP contribution >= 0.6 is 0 Å². The van der Waals surface area contributed by atoms with Gasteiger partial charge in [0.15, 0.2) is 0 Å². The fraction of sp³-hybridized carbons (Fsp3) is 0.360. The number of hydrogen-bond donors (Lipinski definition) is 2. The van der Waals surface area contributed by atoms with Gasteiger partial charge in [-0.05, 0) is 38.6 Å². The lowest BCUT2D eigenvalue weighted by Crippen LogP contribution is -2.46. The van der Waals surface area contributed by atoms with Gasteiger partial charge in [0, 0.05) is 36.1 Å². The molecule has 2 atom stereocenters. The van der Waals surface area contributed by atoms with Gasteiger partial charge in [-0.1, -0.05) is 24.8 Å². The Morgan fingerprint density at radius 1 is 1.29 bits per heavy atom. The third-order valence-corrected chi connectivity index (χ3v) is 5.89. The van der Waals surface area contributed by atoms with E-state index in [1.165, 1.54) is 6.26 Å². The first-order valence-electron chi connectivity index (χ1n) is 11.2. The number of alkyl halides is 4. The third-order valence-electron chi connectivity index (χ3n) is 5.89. The van der Waals surface area contributed by atoms with Crippen LogP contribution < -0.4 is 10.6 Å². The molecule has 4 rings (SSSR count). The van der Waals surface area contributed by atoms with Gasteiger partial charge in [-0.15, -0.1) is 0 Å². The summed E-state index contributed by atoms with van der Waals surface area (Å²) in [7, 11) is 1.86. The van der Waals surface area contributed by atoms with E-state index in [-0.39, 0.29) is 5.69 Å². The van der Waals surface area contributed by atoms with Crippen LogP contribution in [0.2, 0.25) is 0 Å². The number of rotatable bonds is 7. The van der Waals surface area contributed by atoms with E-state index in [0.29, 0.717) is 47.7 Å². The normalized spacial score (nSPS) is 19.4. The standard InChI is InChI=1S/C25H27F4N5O/c1-15-14-35-24(31-15)30-10-5-6-17-12-19-18(23(32-17)16(2)25(27,28)29)7-4-8-21(19)33-22-9-11-34(3)13-20(22)26/h4-8,12,14,20,22,33H,2,9-11,13H2,1,3H3,(H,30,31)/b6-5+/t20-,22+/m0/s1. The van der Waals surface area contributed by atoms with E-state index < -0.39 is 24.0 Å². The first-order valence-corrected chi connectivity index (χ1v) is 11.2. The van der Waals surface area contributed by atoms with E-state index >= 15 is 0 Å². The second-order valence-corrected chi connectivity index (χ2v) is 8.67. The molecular weight excluding hydrogens is 462 g/mol.